The predicted octanol–water partition coefficient (Wildman–Crippen LogP) is 3.62. The van der Waals surface area contributed by atoms with Gasteiger partial charge in [-0.15, -0.1) is 0 Å². The number of nitrogens with one attached hydrogen (secondary N) is 1. The van der Waals surface area contributed by atoms with Gasteiger partial charge in [-0.25, -0.2) is 4.98 Å². The molecule has 1 fully saturated rings. The van der Waals surface area contributed by atoms with Gasteiger partial charge in [0.25, 0.3) is 5.91 Å². The first-order valence-corrected chi connectivity index (χ1v) is 8.86. The number of rotatable bonds is 5. The summed E-state index contributed by atoms with van der Waals surface area (Å²) < 4.78 is 0. The fraction of sp³-hybridized carbons (Fsp3) is 0.368. The van der Waals surface area contributed by atoms with Crippen molar-refractivity contribution in [2.45, 2.75) is 32.2 Å². The summed E-state index contributed by atoms with van der Waals surface area (Å²) in [7, 11) is 0. The zero-order valence-electron chi connectivity index (χ0n) is 14.6. The molecule has 1 aromatic carbocycles. The monoisotopic (exact) mass is 354 g/mol. The van der Waals surface area contributed by atoms with E-state index < -0.39 is 4.92 Å². The lowest BCUT2D eigenvalue weighted by molar-refractivity contribution is -0.384. The molecule has 1 aliphatic heterocycles. The van der Waals surface area contributed by atoms with Crippen LogP contribution in [-0.4, -0.2) is 33.8 Å². The molecule has 2 heterocycles. The van der Waals surface area contributed by atoms with E-state index in [4.69, 9.17) is 0 Å². The maximum Gasteiger partial charge on any atom is 0.311 e. The molecule has 0 atom stereocenters. The van der Waals surface area contributed by atoms with Crippen molar-refractivity contribution in [1.82, 2.24) is 9.88 Å². The summed E-state index contributed by atoms with van der Waals surface area (Å²) in [5, 5.41) is 14.0. The van der Waals surface area contributed by atoms with Gasteiger partial charge in [-0.05, 0) is 36.6 Å². The molecule has 0 saturated carbocycles. The number of carbonyl (C=O) groups excluding carboxylic acids is 1. The molecule has 136 valence electrons. The van der Waals surface area contributed by atoms with Crippen molar-refractivity contribution in [2.24, 2.45) is 0 Å². The van der Waals surface area contributed by atoms with Crippen molar-refractivity contribution in [3.05, 3.63) is 63.8 Å². The van der Waals surface area contributed by atoms with Gasteiger partial charge in [0.2, 0.25) is 5.82 Å². The van der Waals surface area contributed by atoms with Gasteiger partial charge in [0, 0.05) is 37.5 Å². The molecule has 26 heavy (non-hydrogen) atoms. The van der Waals surface area contributed by atoms with E-state index in [2.05, 4.69) is 10.3 Å². The average Bonchev–Trinajstić information content (AvgIpc) is 2.96. The fourth-order valence-electron chi connectivity index (χ4n) is 3.09. The Hall–Kier alpha value is -2.96. The van der Waals surface area contributed by atoms with Crippen molar-refractivity contribution >= 4 is 17.4 Å². The van der Waals surface area contributed by atoms with Gasteiger partial charge in [-0.2, -0.15) is 0 Å². The van der Waals surface area contributed by atoms with Crippen LogP contribution in [0, 0.1) is 10.1 Å². The van der Waals surface area contributed by atoms with Gasteiger partial charge in [0.1, 0.15) is 0 Å². The van der Waals surface area contributed by atoms with Gasteiger partial charge in [-0.1, -0.05) is 25.0 Å². The minimum Gasteiger partial charge on any atom is -0.360 e. The highest BCUT2D eigenvalue weighted by Crippen LogP contribution is 2.21. The third kappa shape index (κ3) is 4.36. The van der Waals surface area contributed by atoms with Crippen molar-refractivity contribution in [2.75, 3.05) is 18.4 Å². The first-order chi connectivity index (χ1) is 12.6. The lowest BCUT2D eigenvalue weighted by atomic mass is 10.1. The molecule has 7 nitrogen and oxygen atoms in total. The predicted molar refractivity (Wildman–Crippen MR) is 99.0 cm³/mol. The summed E-state index contributed by atoms with van der Waals surface area (Å²) in [6.07, 6.45) is 6.02. The number of hydrogen-bond acceptors (Lipinski definition) is 5. The highest BCUT2D eigenvalue weighted by Gasteiger charge is 2.17. The highest BCUT2D eigenvalue weighted by atomic mass is 16.6. The Bertz CT molecular complexity index is 769. The van der Waals surface area contributed by atoms with Crippen LogP contribution in [-0.2, 0) is 6.54 Å². The SMILES string of the molecule is O=C(c1ccc(CNc2ncccc2[N+](=O)[O-])cc1)N1CCCCCC1. The summed E-state index contributed by atoms with van der Waals surface area (Å²) in [5.41, 5.74) is 1.55. The average molecular weight is 354 g/mol. The Morgan fingerprint density at radius 2 is 1.81 bits per heavy atom. The Kier molecular flexibility index (Phi) is 5.78. The molecule has 0 aliphatic carbocycles. The minimum absolute atomic E-state index is 0.0551. The third-order valence-corrected chi connectivity index (χ3v) is 4.54. The van der Waals surface area contributed by atoms with E-state index in [0.717, 1.165) is 31.5 Å². The topological polar surface area (TPSA) is 88.4 Å². The van der Waals surface area contributed by atoms with Crippen LogP contribution in [0.4, 0.5) is 11.5 Å². The van der Waals surface area contributed by atoms with Crippen molar-refractivity contribution in [1.29, 1.82) is 0 Å². The molecule has 0 bridgehead atoms. The molecule has 1 aliphatic rings. The Balaban J connectivity index is 1.63. The second-order valence-electron chi connectivity index (χ2n) is 6.39. The van der Waals surface area contributed by atoms with Gasteiger partial charge in [0.05, 0.1) is 4.92 Å². The van der Waals surface area contributed by atoms with Crippen LogP contribution < -0.4 is 5.32 Å². The van der Waals surface area contributed by atoms with Gasteiger partial charge in [-0.3, -0.25) is 14.9 Å². The molecule has 1 amide bonds. The molecular weight excluding hydrogens is 332 g/mol. The smallest absolute Gasteiger partial charge is 0.311 e. The van der Waals surface area contributed by atoms with E-state index in [1.54, 1.807) is 0 Å². The summed E-state index contributed by atoms with van der Waals surface area (Å²) in [5.74, 6) is 0.314. The largest absolute Gasteiger partial charge is 0.360 e. The molecule has 0 unspecified atom stereocenters. The van der Waals surface area contributed by atoms with Crippen LogP contribution in [0.15, 0.2) is 42.6 Å². The maximum atomic E-state index is 12.6. The summed E-state index contributed by atoms with van der Waals surface area (Å²) in [6.45, 7) is 2.05. The number of anilines is 1. The number of nitro groups is 1. The van der Waals surface area contributed by atoms with Crippen LogP contribution in [0.5, 0.6) is 0 Å². The van der Waals surface area contributed by atoms with Crippen LogP contribution in [0.1, 0.15) is 41.6 Å². The zero-order valence-corrected chi connectivity index (χ0v) is 14.6. The molecule has 3 rings (SSSR count). The number of aromatic nitrogens is 1. The maximum absolute atomic E-state index is 12.6. The molecule has 1 aromatic heterocycles. The molecule has 1 N–H and O–H groups in total. The lowest BCUT2D eigenvalue weighted by Gasteiger charge is -2.20. The number of hydrogen-bond donors (Lipinski definition) is 1. The molecule has 2 aromatic rings. The molecular formula is C19H22N4O3. The van der Waals surface area contributed by atoms with Gasteiger partial charge < -0.3 is 10.2 Å². The van der Waals surface area contributed by atoms with E-state index in [1.165, 1.54) is 31.2 Å². The summed E-state index contributed by atoms with van der Waals surface area (Å²) in [6, 6.07) is 10.3. The Morgan fingerprint density at radius 1 is 1.12 bits per heavy atom. The van der Waals surface area contributed by atoms with Crippen molar-refractivity contribution in [3.63, 3.8) is 0 Å². The highest BCUT2D eigenvalue weighted by molar-refractivity contribution is 5.94. The van der Waals surface area contributed by atoms with Crippen molar-refractivity contribution in [3.8, 4) is 0 Å². The van der Waals surface area contributed by atoms with Crippen LogP contribution in [0.2, 0.25) is 0 Å². The van der Waals surface area contributed by atoms with Crippen LogP contribution in [0.25, 0.3) is 0 Å². The fourth-order valence-corrected chi connectivity index (χ4v) is 3.09. The number of likely N-dealkylation sites (tertiary alicyclic amines) is 1. The normalized spacial score (nSPS) is 14.5. The van der Waals surface area contributed by atoms with E-state index in [1.807, 2.05) is 29.2 Å². The van der Waals surface area contributed by atoms with E-state index in [-0.39, 0.29) is 17.4 Å². The number of pyridine rings is 1. The Labute approximate surface area is 152 Å². The molecule has 0 radical (unpaired) electrons. The number of nitrogens with zero attached hydrogens (tertiary/aromatic N) is 3. The van der Waals surface area contributed by atoms with Crippen LogP contribution >= 0.6 is 0 Å². The zero-order chi connectivity index (χ0) is 18.4. The van der Waals surface area contributed by atoms with E-state index in [0.29, 0.717) is 12.1 Å². The Morgan fingerprint density at radius 3 is 2.46 bits per heavy atom. The first-order valence-electron chi connectivity index (χ1n) is 8.86. The second-order valence-corrected chi connectivity index (χ2v) is 6.39. The first kappa shape index (κ1) is 17.8. The number of carbonyl (C=O) groups is 1. The lowest BCUT2D eigenvalue weighted by Crippen LogP contribution is -2.31. The van der Waals surface area contributed by atoms with E-state index >= 15 is 0 Å². The number of amides is 1. The standard InChI is InChI=1S/C19H22N4O3/c24-19(22-12-3-1-2-4-13-22)16-9-7-15(8-10-16)14-21-18-17(23(25)26)6-5-11-20-18/h5-11H,1-4,12-14H2,(H,20,21). The third-order valence-electron chi connectivity index (χ3n) is 4.54. The van der Waals surface area contributed by atoms with Crippen molar-refractivity contribution < 1.29 is 9.72 Å². The quantitative estimate of drug-likeness (QED) is 0.654. The molecule has 0 spiro atoms. The minimum atomic E-state index is -0.460. The second kappa shape index (κ2) is 8.42. The summed E-state index contributed by atoms with van der Waals surface area (Å²) >= 11 is 0. The number of benzene rings is 1. The van der Waals surface area contributed by atoms with Crippen LogP contribution in [0.3, 0.4) is 0 Å². The molecule has 1 saturated heterocycles. The molecule has 7 heteroatoms. The van der Waals surface area contributed by atoms with E-state index in [9.17, 15) is 14.9 Å². The van der Waals surface area contributed by atoms with Gasteiger partial charge in [0.15, 0.2) is 0 Å². The summed E-state index contributed by atoms with van der Waals surface area (Å²) in [4.78, 5) is 29.1. The van der Waals surface area contributed by atoms with Gasteiger partial charge >= 0.3 is 5.69 Å².